The summed E-state index contributed by atoms with van der Waals surface area (Å²) in [7, 11) is 0. The van der Waals surface area contributed by atoms with Crippen LogP contribution in [0.4, 0.5) is 0 Å². The summed E-state index contributed by atoms with van der Waals surface area (Å²) in [6.45, 7) is 8.00. The minimum atomic E-state index is -0.455. The van der Waals surface area contributed by atoms with Crippen molar-refractivity contribution in [1.82, 2.24) is 10.2 Å². The van der Waals surface area contributed by atoms with Gasteiger partial charge in [-0.25, -0.2) is 0 Å². The van der Waals surface area contributed by atoms with Crippen LogP contribution in [0.3, 0.4) is 0 Å². The van der Waals surface area contributed by atoms with Gasteiger partial charge in [-0.1, -0.05) is 19.3 Å². The van der Waals surface area contributed by atoms with Gasteiger partial charge >= 0.3 is 11.8 Å². The van der Waals surface area contributed by atoms with Gasteiger partial charge in [0.2, 0.25) is 0 Å². The highest BCUT2D eigenvalue weighted by atomic mass is 16.2. The molecule has 1 aliphatic heterocycles. The molecule has 0 aromatic rings. The molecule has 2 aliphatic rings. The number of amides is 2. The Balaban J connectivity index is 2.10. The topological polar surface area (TPSA) is 75.4 Å². The lowest BCUT2D eigenvalue weighted by molar-refractivity contribution is -0.159. The van der Waals surface area contributed by atoms with Crippen molar-refractivity contribution in [3.8, 4) is 0 Å². The number of carbonyl (C=O) groups excluding carboxylic acids is 2. The van der Waals surface area contributed by atoms with E-state index in [1.807, 2.05) is 27.7 Å². The molecular weight excluding hydrogens is 278 g/mol. The van der Waals surface area contributed by atoms with E-state index in [4.69, 9.17) is 5.73 Å². The molecule has 0 bridgehead atoms. The fourth-order valence-electron chi connectivity index (χ4n) is 4.50. The normalized spacial score (nSPS) is 25.8. The molecule has 0 radical (unpaired) electrons. The Morgan fingerprint density at radius 2 is 1.50 bits per heavy atom. The molecule has 2 rings (SSSR count). The minimum Gasteiger partial charge on any atom is -0.345 e. The van der Waals surface area contributed by atoms with Crippen LogP contribution in [0.5, 0.6) is 0 Å². The minimum absolute atomic E-state index is 0.0652. The Kier molecular flexibility index (Phi) is 4.85. The Labute approximate surface area is 134 Å². The predicted octanol–water partition coefficient (Wildman–Crippen LogP) is 1.94. The van der Waals surface area contributed by atoms with E-state index in [-0.39, 0.29) is 12.1 Å². The van der Waals surface area contributed by atoms with Gasteiger partial charge < -0.3 is 16.0 Å². The van der Waals surface area contributed by atoms with Gasteiger partial charge in [0.1, 0.15) is 0 Å². The molecule has 5 nitrogen and oxygen atoms in total. The highest BCUT2D eigenvalue weighted by Crippen LogP contribution is 2.37. The number of likely N-dealkylation sites (tertiary alicyclic amines) is 1. The molecule has 2 amide bonds. The van der Waals surface area contributed by atoms with Crippen molar-refractivity contribution in [1.29, 1.82) is 0 Å². The maximum atomic E-state index is 12.8. The highest BCUT2D eigenvalue weighted by Gasteiger charge is 2.48. The predicted molar refractivity (Wildman–Crippen MR) is 87.2 cm³/mol. The Morgan fingerprint density at radius 1 is 1.00 bits per heavy atom. The smallest absolute Gasteiger partial charge is 0.312 e. The van der Waals surface area contributed by atoms with Gasteiger partial charge in [0.25, 0.3) is 0 Å². The van der Waals surface area contributed by atoms with Gasteiger partial charge in [0, 0.05) is 23.2 Å². The zero-order valence-electron chi connectivity index (χ0n) is 14.4. The van der Waals surface area contributed by atoms with Crippen LogP contribution in [-0.2, 0) is 9.59 Å². The third-order valence-corrected chi connectivity index (χ3v) is 5.07. The van der Waals surface area contributed by atoms with Gasteiger partial charge in [-0.3, -0.25) is 9.59 Å². The molecule has 0 aromatic heterocycles. The summed E-state index contributed by atoms with van der Waals surface area (Å²) in [5, 5.41) is 2.94. The average Bonchev–Trinajstić information content (AvgIpc) is 2.36. The number of piperidine rings is 1. The number of hydrogen-bond donors (Lipinski definition) is 2. The monoisotopic (exact) mass is 309 g/mol. The second-order valence-electron chi connectivity index (χ2n) is 8.24. The highest BCUT2D eigenvalue weighted by molar-refractivity contribution is 6.35. The van der Waals surface area contributed by atoms with Crippen LogP contribution in [0, 0.1) is 0 Å². The van der Waals surface area contributed by atoms with Crippen molar-refractivity contribution in [3.63, 3.8) is 0 Å². The maximum Gasteiger partial charge on any atom is 0.312 e. The zero-order valence-corrected chi connectivity index (χ0v) is 14.4. The standard InChI is InChI=1S/C17H31N3O2/c1-16(2)10-12(18)11-17(3,4)20(16)15(22)14(21)19-13-8-6-5-7-9-13/h12-13H,5-11,18H2,1-4H3,(H,19,21). The number of nitrogens with zero attached hydrogens (tertiary/aromatic N) is 1. The first-order chi connectivity index (χ1) is 10.1. The summed E-state index contributed by atoms with van der Waals surface area (Å²) in [6, 6.07) is 0.221. The number of carbonyl (C=O) groups is 2. The van der Waals surface area contributed by atoms with Crippen molar-refractivity contribution < 1.29 is 9.59 Å². The average molecular weight is 309 g/mol. The summed E-state index contributed by atoms with van der Waals surface area (Å²) < 4.78 is 0. The fraction of sp³-hybridized carbons (Fsp3) is 0.882. The van der Waals surface area contributed by atoms with Crippen LogP contribution in [0.25, 0.3) is 0 Å². The number of rotatable bonds is 1. The number of hydrogen-bond acceptors (Lipinski definition) is 3. The molecule has 0 unspecified atom stereocenters. The van der Waals surface area contributed by atoms with Crippen LogP contribution in [0.15, 0.2) is 0 Å². The summed E-state index contributed by atoms with van der Waals surface area (Å²) >= 11 is 0. The van der Waals surface area contributed by atoms with E-state index in [0.29, 0.717) is 0 Å². The Bertz CT molecular complexity index is 421. The molecule has 1 heterocycles. The molecule has 2 fully saturated rings. The van der Waals surface area contributed by atoms with Gasteiger partial charge in [0.05, 0.1) is 0 Å². The fourth-order valence-corrected chi connectivity index (χ4v) is 4.50. The largest absolute Gasteiger partial charge is 0.345 e. The molecule has 5 heteroatoms. The van der Waals surface area contributed by atoms with Crippen LogP contribution in [-0.4, -0.2) is 39.9 Å². The summed E-state index contributed by atoms with van der Waals surface area (Å²) in [4.78, 5) is 27.0. The second kappa shape index (κ2) is 6.19. The van der Waals surface area contributed by atoms with E-state index >= 15 is 0 Å². The third-order valence-electron chi connectivity index (χ3n) is 5.07. The van der Waals surface area contributed by atoms with Crippen molar-refractivity contribution in [2.24, 2.45) is 5.73 Å². The van der Waals surface area contributed by atoms with Crippen LogP contribution < -0.4 is 11.1 Å². The lowest BCUT2D eigenvalue weighted by Gasteiger charge is -2.54. The summed E-state index contributed by atoms with van der Waals surface area (Å²) in [6.07, 6.45) is 6.90. The van der Waals surface area contributed by atoms with E-state index in [0.717, 1.165) is 38.5 Å². The van der Waals surface area contributed by atoms with Crippen molar-refractivity contribution in [2.45, 2.75) is 95.8 Å². The molecule has 0 spiro atoms. The lowest BCUT2D eigenvalue weighted by Crippen LogP contribution is -2.67. The summed E-state index contributed by atoms with van der Waals surface area (Å²) in [5.74, 6) is -0.865. The lowest BCUT2D eigenvalue weighted by atomic mass is 9.77. The molecular formula is C17H31N3O2. The van der Waals surface area contributed by atoms with Gasteiger partial charge in [-0.05, 0) is 53.4 Å². The molecule has 1 aliphatic carbocycles. The summed E-state index contributed by atoms with van der Waals surface area (Å²) in [5.41, 5.74) is 5.33. The third kappa shape index (κ3) is 3.62. The van der Waals surface area contributed by atoms with Gasteiger partial charge in [0.15, 0.2) is 0 Å². The number of nitrogens with two attached hydrogens (primary N) is 1. The molecule has 0 atom stereocenters. The first-order valence-electron chi connectivity index (χ1n) is 8.54. The first kappa shape index (κ1) is 17.3. The molecule has 22 heavy (non-hydrogen) atoms. The Morgan fingerprint density at radius 3 is 2.00 bits per heavy atom. The molecule has 3 N–H and O–H groups in total. The van der Waals surface area contributed by atoms with Gasteiger partial charge in [-0.15, -0.1) is 0 Å². The second-order valence-corrected chi connectivity index (χ2v) is 8.24. The molecule has 1 saturated heterocycles. The van der Waals surface area contributed by atoms with Gasteiger partial charge in [-0.2, -0.15) is 0 Å². The quantitative estimate of drug-likeness (QED) is 0.727. The molecule has 126 valence electrons. The SMILES string of the molecule is CC1(C)CC(N)CC(C)(C)N1C(=O)C(=O)NC1CCCCC1. The van der Waals surface area contributed by atoms with E-state index in [2.05, 4.69) is 5.32 Å². The molecule has 1 saturated carbocycles. The zero-order chi connectivity index (χ0) is 16.5. The van der Waals surface area contributed by atoms with Crippen molar-refractivity contribution >= 4 is 11.8 Å². The van der Waals surface area contributed by atoms with Crippen LogP contribution in [0.1, 0.15) is 72.6 Å². The molecule has 0 aromatic carbocycles. The van der Waals surface area contributed by atoms with E-state index in [1.54, 1.807) is 4.90 Å². The number of nitrogens with one attached hydrogen (secondary N) is 1. The Hall–Kier alpha value is -1.10. The maximum absolute atomic E-state index is 12.8. The van der Waals surface area contributed by atoms with E-state index < -0.39 is 22.9 Å². The van der Waals surface area contributed by atoms with Crippen molar-refractivity contribution in [3.05, 3.63) is 0 Å². The van der Waals surface area contributed by atoms with E-state index in [9.17, 15) is 9.59 Å². The first-order valence-corrected chi connectivity index (χ1v) is 8.54. The van der Waals surface area contributed by atoms with E-state index in [1.165, 1.54) is 6.42 Å². The van der Waals surface area contributed by atoms with Crippen LogP contribution >= 0.6 is 0 Å². The van der Waals surface area contributed by atoms with Crippen LogP contribution in [0.2, 0.25) is 0 Å². The van der Waals surface area contributed by atoms with Crippen molar-refractivity contribution in [2.75, 3.05) is 0 Å².